The maximum atomic E-state index is 12.9. The Balaban J connectivity index is 0.736. The van der Waals surface area contributed by atoms with Crippen LogP contribution in [0.25, 0.3) is 0 Å². The van der Waals surface area contributed by atoms with Crippen molar-refractivity contribution in [3.05, 3.63) is 192 Å². The fourth-order valence-corrected chi connectivity index (χ4v) is 9.56. The summed E-state index contributed by atoms with van der Waals surface area (Å²) in [7, 11) is 0. The second-order valence-corrected chi connectivity index (χ2v) is 21.6. The minimum absolute atomic E-state index is 0.423. The maximum Gasteiger partial charge on any atom is 0.343 e. The Morgan fingerprint density at radius 1 is 0.298 bits per heavy atom. The summed E-state index contributed by atoms with van der Waals surface area (Å²) < 4.78 is 35.3. The van der Waals surface area contributed by atoms with Crippen molar-refractivity contribution in [2.45, 2.75) is 168 Å². The molecule has 0 heterocycles. The van der Waals surface area contributed by atoms with E-state index in [0.29, 0.717) is 58.8 Å². The van der Waals surface area contributed by atoms with E-state index in [4.69, 9.17) is 28.4 Å². The highest BCUT2D eigenvalue weighted by molar-refractivity contribution is 5.92. The Labute approximate surface area is 500 Å². The molecule has 0 N–H and O–H groups in total. The van der Waals surface area contributed by atoms with E-state index < -0.39 is 11.9 Å². The zero-order valence-corrected chi connectivity index (χ0v) is 49.9. The first-order valence-corrected chi connectivity index (χ1v) is 31.2. The van der Waals surface area contributed by atoms with Gasteiger partial charge in [-0.25, -0.2) is 9.59 Å². The van der Waals surface area contributed by atoms with Gasteiger partial charge in [0.15, 0.2) is 0 Å². The lowest BCUT2D eigenvalue weighted by Gasteiger charge is -2.09. The predicted molar refractivity (Wildman–Crippen MR) is 343 cm³/mol. The van der Waals surface area contributed by atoms with E-state index in [-0.39, 0.29) is 0 Å². The number of aliphatic imine (C=N–C) groups is 2. The number of ether oxygens (including phenoxy) is 6. The fourth-order valence-electron chi connectivity index (χ4n) is 9.56. The van der Waals surface area contributed by atoms with Gasteiger partial charge in [-0.05, 0) is 194 Å². The zero-order chi connectivity index (χ0) is 58.5. The number of rotatable bonds is 40. The third kappa shape index (κ3) is 24.9. The normalized spacial score (nSPS) is 11.3. The van der Waals surface area contributed by atoms with Gasteiger partial charge in [0.2, 0.25) is 0 Å². The van der Waals surface area contributed by atoms with Crippen molar-refractivity contribution in [3.8, 4) is 46.0 Å². The largest absolute Gasteiger partial charge is 0.494 e. The average molecular weight is 1130 g/mol. The van der Waals surface area contributed by atoms with E-state index >= 15 is 0 Å². The van der Waals surface area contributed by atoms with Gasteiger partial charge in [-0.1, -0.05) is 155 Å². The molecule has 0 fully saturated rings. The molecule has 0 aliphatic heterocycles. The van der Waals surface area contributed by atoms with Crippen LogP contribution < -0.4 is 28.4 Å². The number of nitrogens with zero attached hydrogens (tertiary/aromatic N) is 2. The lowest BCUT2D eigenvalue weighted by molar-refractivity contribution is 0.0725. The second kappa shape index (κ2) is 38.0. The molecular weight excluding hydrogens is 1040 g/mol. The predicted octanol–water partition coefficient (Wildman–Crippen LogP) is 21.4. The van der Waals surface area contributed by atoms with Gasteiger partial charge < -0.3 is 28.4 Å². The summed E-state index contributed by atoms with van der Waals surface area (Å²) in [6.07, 6.45) is 35.0. The smallest absolute Gasteiger partial charge is 0.343 e. The molecule has 0 saturated carbocycles. The van der Waals surface area contributed by atoms with Crippen molar-refractivity contribution < 1.29 is 38.0 Å². The summed E-state index contributed by atoms with van der Waals surface area (Å²) in [5, 5.41) is 0. The monoisotopic (exact) mass is 1130 g/mol. The molecular formula is C74H88N2O8. The van der Waals surface area contributed by atoms with E-state index in [1.165, 1.54) is 141 Å². The SMILES string of the molecule is CCCCCCCCCCCCCCOc1ccc(C(=O)Oc2ccc(C=Nc3ccc(Oc4ccc(Oc5ccc(N=Cc6ccc(OC(=O)c7ccc(OCCCCCCCCCCCCCC)cc7)cc6)cc5)cc4)cc3)cc2)cc1. The van der Waals surface area contributed by atoms with Crippen LogP contribution in [0.4, 0.5) is 11.4 Å². The molecule has 84 heavy (non-hydrogen) atoms. The van der Waals surface area contributed by atoms with Crippen molar-refractivity contribution in [2.24, 2.45) is 9.98 Å². The van der Waals surface area contributed by atoms with Crippen molar-refractivity contribution in [3.63, 3.8) is 0 Å². The highest BCUT2D eigenvalue weighted by atomic mass is 16.5. The number of carbonyl (C=O) groups is 2. The Morgan fingerprint density at radius 2 is 0.548 bits per heavy atom. The van der Waals surface area contributed by atoms with Gasteiger partial charge in [-0.15, -0.1) is 0 Å². The molecule has 0 spiro atoms. The van der Waals surface area contributed by atoms with Crippen LogP contribution >= 0.6 is 0 Å². The molecule has 7 aromatic carbocycles. The van der Waals surface area contributed by atoms with Gasteiger partial charge in [0, 0.05) is 12.4 Å². The van der Waals surface area contributed by atoms with E-state index in [9.17, 15) is 9.59 Å². The molecule has 7 rings (SSSR count). The Morgan fingerprint density at radius 3 is 0.845 bits per heavy atom. The number of carbonyl (C=O) groups excluding carboxylic acids is 2. The second-order valence-electron chi connectivity index (χ2n) is 21.6. The lowest BCUT2D eigenvalue weighted by atomic mass is 10.1. The standard InChI is InChI=1S/C74H88N2O8/c1-3-5-7-9-11-13-15-17-19-21-23-25-55-79-65-43-31-61(32-44-65)73(77)83-71-39-27-59(28-40-71)57-75-63-35-47-67(48-36-63)81-69-51-53-70(54-52-69)82-68-49-37-64(38-50-68)76-58-60-29-41-72(42-30-60)84-74(78)62-33-45-66(46-34-62)80-56-26-24-22-20-18-16-14-12-10-8-6-4-2/h27-54,57-58H,3-26,55-56H2,1-2H3. The first-order valence-electron chi connectivity index (χ1n) is 31.2. The number of unbranched alkanes of at least 4 members (excludes halogenated alkanes) is 22. The van der Waals surface area contributed by atoms with Crippen LogP contribution in [0.2, 0.25) is 0 Å². The Hall–Kier alpha value is -7.98. The summed E-state index contributed by atoms with van der Waals surface area (Å²) in [5.74, 6) is 4.24. The van der Waals surface area contributed by atoms with Crippen molar-refractivity contribution in [1.82, 2.24) is 0 Å². The Kier molecular flexibility index (Phi) is 28.8. The van der Waals surface area contributed by atoms with Gasteiger partial charge in [0.1, 0.15) is 46.0 Å². The molecule has 442 valence electrons. The number of benzene rings is 7. The average Bonchev–Trinajstić information content (AvgIpc) is 3.69. The lowest BCUT2D eigenvalue weighted by Crippen LogP contribution is -2.08. The fraction of sp³-hybridized carbons (Fsp3) is 0.378. The Bertz CT molecular complexity index is 2770. The number of hydrogen-bond acceptors (Lipinski definition) is 10. The van der Waals surface area contributed by atoms with Crippen LogP contribution in [0.5, 0.6) is 46.0 Å². The molecule has 0 unspecified atom stereocenters. The van der Waals surface area contributed by atoms with Gasteiger partial charge in [-0.2, -0.15) is 0 Å². The molecule has 0 aromatic heterocycles. The van der Waals surface area contributed by atoms with E-state index in [1.807, 2.05) is 121 Å². The van der Waals surface area contributed by atoms with Crippen LogP contribution in [0, 0.1) is 0 Å². The molecule has 0 amide bonds. The van der Waals surface area contributed by atoms with Gasteiger partial charge in [0.25, 0.3) is 0 Å². The molecule has 0 radical (unpaired) electrons. The molecule has 10 heteroatoms. The van der Waals surface area contributed by atoms with Crippen molar-refractivity contribution in [1.29, 1.82) is 0 Å². The minimum atomic E-state index is -0.423. The minimum Gasteiger partial charge on any atom is -0.494 e. The number of esters is 2. The molecule has 0 atom stereocenters. The molecule has 0 aliphatic carbocycles. The first kappa shape index (κ1) is 63.6. The number of hydrogen-bond donors (Lipinski definition) is 0. The summed E-state index contributed by atoms with van der Waals surface area (Å²) >= 11 is 0. The van der Waals surface area contributed by atoms with Crippen LogP contribution in [0.1, 0.15) is 200 Å². The molecule has 7 aromatic rings. The summed E-state index contributed by atoms with van der Waals surface area (Å²) in [4.78, 5) is 34.9. The van der Waals surface area contributed by atoms with E-state index in [0.717, 1.165) is 46.8 Å². The van der Waals surface area contributed by atoms with E-state index in [2.05, 4.69) is 23.8 Å². The molecule has 0 saturated heterocycles. The summed E-state index contributed by atoms with van der Waals surface area (Å²) in [6, 6.07) is 51.2. The highest BCUT2D eigenvalue weighted by Crippen LogP contribution is 2.30. The zero-order valence-electron chi connectivity index (χ0n) is 49.9. The van der Waals surface area contributed by atoms with Crippen LogP contribution in [-0.4, -0.2) is 37.6 Å². The van der Waals surface area contributed by atoms with Crippen LogP contribution in [-0.2, 0) is 0 Å². The molecule has 0 bridgehead atoms. The topological polar surface area (TPSA) is 114 Å². The van der Waals surface area contributed by atoms with Crippen molar-refractivity contribution >= 4 is 35.7 Å². The van der Waals surface area contributed by atoms with Crippen molar-refractivity contribution in [2.75, 3.05) is 13.2 Å². The summed E-state index contributed by atoms with van der Waals surface area (Å²) in [5.41, 5.74) is 4.17. The van der Waals surface area contributed by atoms with Gasteiger partial charge in [-0.3, -0.25) is 9.98 Å². The molecule has 10 nitrogen and oxygen atoms in total. The molecule has 0 aliphatic rings. The first-order chi connectivity index (χ1) is 41.4. The quantitative estimate of drug-likeness (QED) is 0.0161. The van der Waals surface area contributed by atoms with E-state index in [1.54, 1.807) is 61.0 Å². The maximum absolute atomic E-state index is 12.9. The third-order valence-corrected chi connectivity index (χ3v) is 14.6. The highest BCUT2D eigenvalue weighted by Gasteiger charge is 2.12. The van der Waals surface area contributed by atoms with Gasteiger partial charge in [0.05, 0.1) is 35.7 Å². The van der Waals surface area contributed by atoms with Gasteiger partial charge >= 0.3 is 11.9 Å². The third-order valence-electron chi connectivity index (χ3n) is 14.6. The van der Waals surface area contributed by atoms with Crippen LogP contribution in [0.15, 0.2) is 180 Å². The van der Waals surface area contributed by atoms with Crippen LogP contribution in [0.3, 0.4) is 0 Å². The summed E-state index contributed by atoms with van der Waals surface area (Å²) in [6.45, 7) is 5.89.